The molecule has 4 N–H and O–H groups in total. The Kier molecular flexibility index (Phi) is 4.64. The maximum atomic E-state index is 12.5. The summed E-state index contributed by atoms with van der Waals surface area (Å²) in [7, 11) is 0. The summed E-state index contributed by atoms with van der Waals surface area (Å²) in [5.74, 6) is 1.54. The molecule has 2 bridgehead atoms. The second-order valence-electron chi connectivity index (χ2n) is 11.2. The average molecular weight is 463 g/mol. The summed E-state index contributed by atoms with van der Waals surface area (Å²) < 4.78 is 13.1. The number of likely N-dealkylation sites (tertiary alicyclic amines) is 1. The van der Waals surface area contributed by atoms with Gasteiger partial charge in [0.05, 0.1) is 23.7 Å². The fourth-order valence-corrected chi connectivity index (χ4v) is 7.66. The van der Waals surface area contributed by atoms with E-state index in [1.807, 2.05) is 12.1 Å². The SMILES string of the molecule is NCc1cccc(CO[C@@H]2CC[C@@]3(O)[C@H]4Cc5ccc(O)c6c5[C@@]3(CCN4CC3CC3)[C@H]2O6)c1. The number of hydrogen-bond donors (Lipinski definition) is 3. The molecule has 0 unspecified atom stereocenters. The van der Waals surface area contributed by atoms with Gasteiger partial charge < -0.3 is 25.4 Å². The third kappa shape index (κ3) is 2.83. The lowest BCUT2D eigenvalue weighted by atomic mass is 9.48. The van der Waals surface area contributed by atoms with Crippen molar-refractivity contribution in [3.05, 3.63) is 58.7 Å². The van der Waals surface area contributed by atoms with Gasteiger partial charge in [-0.05, 0) is 73.7 Å². The summed E-state index contributed by atoms with van der Waals surface area (Å²) in [4.78, 5) is 2.56. The lowest BCUT2D eigenvalue weighted by Gasteiger charge is -2.64. The smallest absolute Gasteiger partial charge is 0.165 e. The van der Waals surface area contributed by atoms with Crippen molar-refractivity contribution in [3.63, 3.8) is 0 Å². The van der Waals surface area contributed by atoms with Crippen LogP contribution in [0, 0.1) is 5.92 Å². The van der Waals surface area contributed by atoms with E-state index in [9.17, 15) is 10.2 Å². The van der Waals surface area contributed by atoms with Gasteiger partial charge >= 0.3 is 0 Å². The first kappa shape index (κ1) is 21.2. The van der Waals surface area contributed by atoms with E-state index in [0.29, 0.717) is 25.3 Å². The van der Waals surface area contributed by atoms with Crippen molar-refractivity contribution in [1.82, 2.24) is 4.90 Å². The van der Waals surface area contributed by atoms with Crippen molar-refractivity contribution in [2.24, 2.45) is 11.7 Å². The van der Waals surface area contributed by atoms with Crippen molar-refractivity contribution < 1.29 is 19.7 Å². The van der Waals surface area contributed by atoms with Gasteiger partial charge in [0.1, 0.15) is 6.10 Å². The Morgan fingerprint density at radius 2 is 1.97 bits per heavy atom. The van der Waals surface area contributed by atoms with E-state index in [1.165, 1.54) is 18.4 Å². The first-order chi connectivity index (χ1) is 16.5. The molecule has 180 valence electrons. The molecule has 5 atom stereocenters. The van der Waals surface area contributed by atoms with Crippen molar-refractivity contribution in [1.29, 1.82) is 0 Å². The molecule has 7 rings (SSSR count). The number of phenols is 1. The predicted octanol–water partition coefficient (Wildman–Crippen LogP) is 3.00. The summed E-state index contributed by atoms with van der Waals surface area (Å²) >= 11 is 0. The normalized spacial score (nSPS) is 35.6. The van der Waals surface area contributed by atoms with Crippen molar-refractivity contribution in [2.45, 2.75) is 80.9 Å². The van der Waals surface area contributed by atoms with Gasteiger partial charge in [-0.2, -0.15) is 0 Å². The highest BCUT2D eigenvalue weighted by Crippen LogP contribution is 2.65. The number of nitrogens with two attached hydrogens (primary N) is 1. The van der Waals surface area contributed by atoms with Crippen molar-refractivity contribution in [2.75, 3.05) is 13.1 Å². The van der Waals surface area contributed by atoms with Crippen LogP contribution in [0.1, 0.15) is 54.4 Å². The lowest BCUT2D eigenvalue weighted by Crippen LogP contribution is -2.77. The molecular formula is C28H34N2O4. The molecule has 3 fully saturated rings. The maximum absolute atomic E-state index is 12.5. The second-order valence-corrected chi connectivity index (χ2v) is 11.2. The molecule has 2 aromatic rings. The number of piperidine rings is 1. The summed E-state index contributed by atoms with van der Waals surface area (Å²) in [5.41, 5.74) is 8.90. The van der Waals surface area contributed by atoms with Crippen LogP contribution in [0.15, 0.2) is 36.4 Å². The minimum absolute atomic E-state index is 0.0955. The van der Waals surface area contributed by atoms with Crippen LogP contribution >= 0.6 is 0 Å². The van der Waals surface area contributed by atoms with E-state index < -0.39 is 11.0 Å². The highest BCUT2D eigenvalue weighted by Gasteiger charge is 2.73. The number of phenolic OH excluding ortho intramolecular Hbond substituents is 1. The number of hydrogen-bond acceptors (Lipinski definition) is 6. The maximum Gasteiger partial charge on any atom is 0.165 e. The van der Waals surface area contributed by atoms with Gasteiger partial charge in [-0.1, -0.05) is 30.3 Å². The number of aromatic hydroxyl groups is 1. The summed E-state index contributed by atoms with van der Waals surface area (Å²) in [6, 6.07) is 12.1. The highest BCUT2D eigenvalue weighted by atomic mass is 16.6. The zero-order valence-corrected chi connectivity index (χ0v) is 19.6. The number of ether oxygens (including phenoxy) is 2. The lowest BCUT2D eigenvalue weighted by molar-refractivity contribution is -0.217. The quantitative estimate of drug-likeness (QED) is 0.612. The molecule has 1 saturated heterocycles. The zero-order chi connectivity index (χ0) is 23.1. The summed E-state index contributed by atoms with van der Waals surface area (Å²) in [6.45, 7) is 3.05. The van der Waals surface area contributed by atoms with Crippen LogP contribution in [0.3, 0.4) is 0 Å². The van der Waals surface area contributed by atoms with Crippen LogP contribution in [-0.2, 0) is 29.7 Å². The van der Waals surface area contributed by atoms with Gasteiger partial charge in [0.2, 0.25) is 0 Å². The molecule has 6 heteroatoms. The Hall–Kier alpha value is -2.12. The van der Waals surface area contributed by atoms with Crippen LogP contribution in [-0.4, -0.2) is 52.1 Å². The molecular weight excluding hydrogens is 428 g/mol. The number of aliphatic hydroxyl groups is 1. The molecule has 5 aliphatic rings. The Labute approximate surface area is 200 Å². The van der Waals surface area contributed by atoms with Gasteiger partial charge in [-0.3, -0.25) is 4.90 Å². The number of rotatable bonds is 6. The molecule has 2 saturated carbocycles. The van der Waals surface area contributed by atoms with E-state index in [1.54, 1.807) is 6.07 Å². The van der Waals surface area contributed by atoms with E-state index in [2.05, 4.69) is 23.1 Å². The van der Waals surface area contributed by atoms with Crippen molar-refractivity contribution in [3.8, 4) is 11.5 Å². The fourth-order valence-electron chi connectivity index (χ4n) is 7.66. The van der Waals surface area contributed by atoms with Gasteiger partial charge in [-0.15, -0.1) is 0 Å². The van der Waals surface area contributed by atoms with Gasteiger partial charge in [0.25, 0.3) is 0 Å². The van der Waals surface area contributed by atoms with E-state index in [4.69, 9.17) is 15.2 Å². The number of benzene rings is 2. The van der Waals surface area contributed by atoms with Crippen LogP contribution < -0.4 is 10.5 Å². The summed E-state index contributed by atoms with van der Waals surface area (Å²) in [5, 5.41) is 23.3. The minimum atomic E-state index is -0.865. The molecule has 1 spiro atoms. The van der Waals surface area contributed by atoms with E-state index in [0.717, 1.165) is 55.0 Å². The average Bonchev–Trinajstić information content (AvgIpc) is 3.59. The second kappa shape index (κ2) is 7.44. The minimum Gasteiger partial charge on any atom is -0.504 e. The van der Waals surface area contributed by atoms with Crippen LogP contribution in [0.2, 0.25) is 0 Å². The molecule has 0 amide bonds. The zero-order valence-electron chi connectivity index (χ0n) is 19.6. The fraction of sp³-hybridized carbons (Fsp3) is 0.571. The summed E-state index contributed by atoms with van der Waals surface area (Å²) in [6.07, 6.45) is 5.29. The largest absolute Gasteiger partial charge is 0.504 e. The first-order valence-electron chi connectivity index (χ1n) is 12.9. The van der Waals surface area contributed by atoms with E-state index in [-0.39, 0.29) is 24.0 Å². The first-order valence-corrected chi connectivity index (χ1v) is 12.9. The molecule has 0 radical (unpaired) electrons. The van der Waals surface area contributed by atoms with Crippen LogP contribution in [0.25, 0.3) is 0 Å². The van der Waals surface area contributed by atoms with Gasteiger partial charge in [-0.25, -0.2) is 0 Å². The topological polar surface area (TPSA) is 88.2 Å². The molecule has 3 aliphatic carbocycles. The van der Waals surface area contributed by atoms with Crippen LogP contribution in [0.4, 0.5) is 0 Å². The Morgan fingerprint density at radius 1 is 1.12 bits per heavy atom. The van der Waals surface area contributed by atoms with E-state index >= 15 is 0 Å². The molecule has 2 aromatic carbocycles. The molecule has 2 heterocycles. The van der Waals surface area contributed by atoms with Crippen LogP contribution in [0.5, 0.6) is 11.5 Å². The van der Waals surface area contributed by atoms with Gasteiger partial charge in [0.15, 0.2) is 11.5 Å². The Balaban J connectivity index is 1.25. The monoisotopic (exact) mass is 462 g/mol. The molecule has 6 nitrogen and oxygen atoms in total. The Morgan fingerprint density at radius 3 is 2.79 bits per heavy atom. The third-order valence-corrected chi connectivity index (χ3v) is 9.40. The van der Waals surface area contributed by atoms with Crippen molar-refractivity contribution >= 4 is 0 Å². The molecule has 34 heavy (non-hydrogen) atoms. The number of nitrogens with zero attached hydrogens (tertiary/aromatic N) is 1. The molecule has 2 aliphatic heterocycles. The van der Waals surface area contributed by atoms with Gasteiger partial charge in [0, 0.05) is 24.7 Å². The standard InChI is InChI=1S/C28H34N2O4/c29-14-18-2-1-3-19(12-18)16-33-22-8-9-28(32)23-13-20-6-7-21(31)25-24(20)27(28,26(22)34-25)10-11-30(23)15-17-4-5-17/h1-3,6-7,12,17,22-23,26,31-32H,4-5,8-11,13-16,29H2/t22-,23-,26+,27+,28-/m1/s1. The highest BCUT2D eigenvalue weighted by molar-refractivity contribution is 5.62. The molecule has 0 aromatic heterocycles. The Bertz CT molecular complexity index is 1130. The predicted molar refractivity (Wildman–Crippen MR) is 128 cm³/mol. The third-order valence-electron chi connectivity index (χ3n) is 9.40.